The third-order valence-corrected chi connectivity index (χ3v) is 21.6. The Morgan fingerprint density at radius 2 is 1.27 bits per heavy atom. The summed E-state index contributed by atoms with van der Waals surface area (Å²) in [5.74, 6) is -15.4. The molecule has 0 spiro atoms. The average molecular weight is 1690 g/mol. The number of halogens is 2. The summed E-state index contributed by atoms with van der Waals surface area (Å²) in [7, 11) is 1.48. The number of carbonyl (C=O) groups is 9. The van der Waals surface area contributed by atoms with Gasteiger partial charge in [-0.3, -0.25) is 43.2 Å². The van der Waals surface area contributed by atoms with Gasteiger partial charge in [0.1, 0.15) is 95.5 Å². The van der Waals surface area contributed by atoms with Gasteiger partial charge in [0.05, 0.1) is 41.3 Å². The van der Waals surface area contributed by atoms with Crippen LogP contribution in [0.1, 0.15) is 122 Å². The van der Waals surface area contributed by atoms with Crippen molar-refractivity contribution in [3.8, 4) is 68.2 Å². The van der Waals surface area contributed by atoms with Crippen LogP contribution in [0.5, 0.6) is 46.0 Å². The minimum atomic E-state index is -2.36. The summed E-state index contributed by atoms with van der Waals surface area (Å²) in [6.45, 7) is 5.46. The van der Waals surface area contributed by atoms with Gasteiger partial charge in [0.25, 0.3) is 5.91 Å². The number of primary amides is 1. The highest BCUT2D eigenvalue weighted by Crippen LogP contribution is 2.50. The number of ether oxygens (including phenoxy) is 6. The van der Waals surface area contributed by atoms with Crippen LogP contribution < -0.4 is 73.5 Å². The molecule has 7 aromatic rings. The van der Waals surface area contributed by atoms with Gasteiger partial charge in [-0.15, -0.1) is 0 Å². The van der Waals surface area contributed by atoms with Crippen LogP contribution in [0.15, 0.2) is 133 Å². The number of nitrogens with one attached hydrogen (secondary N) is 9. The van der Waals surface area contributed by atoms with E-state index in [4.69, 9.17) is 63.1 Å². The zero-order chi connectivity index (χ0) is 85.7. The third kappa shape index (κ3) is 19.5. The predicted octanol–water partition coefficient (Wildman–Crippen LogP) is 2.62. The average Bonchev–Trinajstić information content (AvgIpc) is 0.763. The molecular formula is C82H91Cl2N11O24. The molecule has 2 fully saturated rings. The van der Waals surface area contributed by atoms with Crippen LogP contribution in [-0.4, -0.2) is 205 Å². The third-order valence-electron chi connectivity index (χ3n) is 21.0. The maximum absolute atomic E-state index is 16.3. The van der Waals surface area contributed by atoms with E-state index in [0.717, 1.165) is 71.8 Å². The number of carbonyl (C=O) groups excluding carboxylic acids is 9. The van der Waals surface area contributed by atoms with Gasteiger partial charge >= 0.3 is 0 Å². The first kappa shape index (κ1) is 87.0. The molecule has 18 atom stereocenters. The Hall–Kier alpha value is -11.3. The number of fused-ring (bicyclic) bond motifs is 15. The standard InChI is InChI=1S/C82H91Cl2N11O24/c1-35(2)24-49(87-5)74(107)94-64-66(101)41-17-20-53(47(83)26-41)115-55-28-43-29-56(70(55)119-81-71(69(104)68(103)57(34-96)117-81)118-59-33-82(4,86)72(105)36(3)114-59)116-54-21-18-42(27-48(54)84)67(102)65-80(113)93-63(76(109)89-23-9-22-88-73(106)39-14-12-38(13-15-39)37-10-7-6-8-11-37)46-30-44(97)31-52(99)60(46)45-25-40(16-19-51(45)98)61(77(110)95-65)92-78(111)62(43)91-75(108)50(32-58(85)100)90-79(64)112/h6-8,10-21,25-31,35-36,49-50,57,59,61-69,71-72,81,87,96-99,101-105H,9,22-24,32-34,86H2,1-5H3,(H2,85,100)(H,88,106)(H,89,109)(H,90,112)(H,91,108)(H,92,111)(H,93,113)(H,94,107)(H,95,110)/t36-,49+,50-,57+,59?,61+,62?,63?,64+,65-,66+,67+,68+,69-,71+,72+,81-,82-/m0/s1. The first-order chi connectivity index (χ1) is 56.6. The number of amides is 9. The molecule has 14 rings (SSSR count). The number of hydrogen-bond acceptors (Lipinski definition) is 26. The quantitative estimate of drug-likeness (QED) is 0.0517. The SMILES string of the molecule is CN[C@H](CC(C)C)C(=O)N[C@H]1C(=O)N[C@@H](CC(N)=O)C(=O)NC2C(=O)N[C@H]3C(=O)N[C@H](C(=O)NC(C(=O)NCCCNC(=O)c4ccc(-c5ccccc5)cc4)c4cc(O)cc(O)c4-c4cc3ccc4O)[C@H](O)c3ccc(c(Cl)c3)Oc3cc2cc(c3O[C@@H]2O[C@H](CO)[C@@H](O)[C@H](O)[C@H]2OC2C[C@](C)(N)[C@H](O)[C@H](C)O2)Oc2ccc(cc2Cl)[C@H]1O. The first-order valence-corrected chi connectivity index (χ1v) is 38.8. The summed E-state index contributed by atoms with van der Waals surface area (Å²) < 4.78 is 38.7. The Morgan fingerprint density at radius 3 is 1.89 bits per heavy atom. The second kappa shape index (κ2) is 36.9. The van der Waals surface area contributed by atoms with Crippen LogP contribution in [0.3, 0.4) is 0 Å². The lowest BCUT2D eigenvalue weighted by Gasteiger charge is -2.47. The maximum Gasteiger partial charge on any atom is 0.251 e. The minimum absolute atomic E-state index is 0.000574. The Labute approximate surface area is 690 Å². The van der Waals surface area contributed by atoms with E-state index in [-0.39, 0.29) is 65.7 Å². The van der Waals surface area contributed by atoms with Crippen LogP contribution in [0.4, 0.5) is 0 Å². The van der Waals surface area contributed by atoms with E-state index in [1.807, 2.05) is 44.2 Å². The number of rotatable bonds is 19. The molecule has 2 saturated heterocycles. The molecule has 7 aliphatic heterocycles. The molecule has 3 unspecified atom stereocenters. The van der Waals surface area contributed by atoms with Crippen molar-refractivity contribution in [1.82, 2.24) is 47.9 Å². The molecule has 37 heteroatoms. The first-order valence-electron chi connectivity index (χ1n) is 38.0. The monoisotopic (exact) mass is 1680 g/mol. The summed E-state index contributed by atoms with van der Waals surface area (Å²) in [4.78, 5) is 134. The van der Waals surface area contributed by atoms with Crippen molar-refractivity contribution in [1.29, 1.82) is 0 Å². The van der Waals surface area contributed by atoms with E-state index < -0.39 is 243 Å². The number of hydrogen-bond donors (Lipinski definition) is 20. The number of phenolic OH excluding ortho intramolecular Hbond substituents is 3. The molecule has 9 amide bonds. The van der Waals surface area contributed by atoms with Crippen LogP contribution in [0, 0.1) is 5.92 Å². The van der Waals surface area contributed by atoms with Gasteiger partial charge in [0.15, 0.2) is 23.9 Å². The Kier molecular flexibility index (Phi) is 27.0. The van der Waals surface area contributed by atoms with Gasteiger partial charge in [-0.1, -0.05) is 97.7 Å². The van der Waals surface area contributed by atoms with Crippen LogP contribution in [0.25, 0.3) is 22.3 Å². The van der Waals surface area contributed by atoms with E-state index >= 15 is 19.2 Å². The smallest absolute Gasteiger partial charge is 0.251 e. The molecule has 119 heavy (non-hydrogen) atoms. The fraction of sp³-hybridized carbons (Fsp3) is 0.378. The van der Waals surface area contributed by atoms with E-state index in [1.54, 1.807) is 24.3 Å². The van der Waals surface area contributed by atoms with Crippen molar-refractivity contribution in [3.05, 3.63) is 177 Å². The lowest BCUT2D eigenvalue weighted by molar-refractivity contribution is -0.333. The molecule has 0 aromatic heterocycles. The lowest BCUT2D eigenvalue weighted by Crippen LogP contribution is -2.64. The zero-order valence-corrected chi connectivity index (χ0v) is 66.1. The van der Waals surface area contributed by atoms with Crippen molar-refractivity contribution < 1.29 is 118 Å². The molecule has 632 valence electrons. The lowest BCUT2D eigenvalue weighted by atomic mass is 9.86. The summed E-state index contributed by atoms with van der Waals surface area (Å²) in [5.41, 5.74) is 10.6. The van der Waals surface area contributed by atoms with Crippen LogP contribution >= 0.6 is 23.2 Å². The summed E-state index contributed by atoms with van der Waals surface area (Å²) in [5, 5.41) is 128. The Morgan fingerprint density at radius 1 is 0.655 bits per heavy atom. The van der Waals surface area contributed by atoms with Crippen molar-refractivity contribution >= 4 is 76.4 Å². The Balaban J connectivity index is 1.01. The molecule has 7 aliphatic rings. The van der Waals surface area contributed by atoms with Gasteiger partial charge < -0.3 is 134 Å². The zero-order valence-electron chi connectivity index (χ0n) is 64.6. The number of likely N-dealkylation sites (N-methyl/N-ethyl adjacent to an activating group) is 1. The van der Waals surface area contributed by atoms with Gasteiger partial charge in [-0.25, -0.2) is 0 Å². The van der Waals surface area contributed by atoms with Gasteiger partial charge in [0.2, 0.25) is 59.3 Å². The normalized spacial score (nSPS) is 26.6. The number of benzene rings is 7. The molecule has 0 radical (unpaired) electrons. The highest BCUT2D eigenvalue weighted by atomic mass is 35.5. The molecule has 11 bridgehead atoms. The molecule has 22 N–H and O–H groups in total. The van der Waals surface area contributed by atoms with E-state index in [0.29, 0.717) is 5.56 Å². The van der Waals surface area contributed by atoms with Crippen molar-refractivity contribution in [2.75, 3.05) is 26.7 Å². The second-order valence-corrected chi connectivity index (χ2v) is 31.0. The van der Waals surface area contributed by atoms with Gasteiger partial charge in [-0.05, 0) is 145 Å². The van der Waals surface area contributed by atoms with E-state index in [1.165, 1.54) is 39.1 Å². The van der Waals surface area contributed by atoms with Crippen molar-refractivity contribution in [2.24, 2.45) is 17.4 Å². The number of nitrogens with two attached hydrogens (primary N) is 2. The summed E-state index contributed by atoms with van der Waals surface area (Å²) >= 11 is 14.3. The largest absolute Gasteiger partial charge is 0.508 e. The summed E-state index contributed by atoms with van der Waals surface area (Å²) in [6, 6.07) is 16.3. The second-order valence-electron chi connectivity index (χ2n) is 30.2. The number of aromatic hydroxyl groups is 3. The number of phenols is 3. The minimum Gasteiger partial charge on any atom is -0.508 e. The maximum atomic E-state index is 16.3. The van der Waals surface area contributed by atoms with Crippen LogP contribution in [-0.2, 0) is 52.6 Å². The molecule has 7 aromatic carbocycles. The van der Waals surface area contributed by atoms with Gasteiger partial charge in [-0.2, -0.15) is 0 Å². The Bertz CT molecular complexity index is 5010. The topological polar surface area (TPSA) is 551 Å². The van der Waals surface area contributed by atoms with Crippen molar-refractivity contribution in [3.63, 3.8) is 0 Å². The molecule has 7 heterocycles. The molecular weight excluding hydrogens is 1590 g/mol. The van der Waals surface area contributed by atoms with Crippen LogP contribution in [0.2, 0.25) is 10.0 Å². The van der Waals surface area contributed by atoms with Crippen molar-refractivity contribution in [2.45, 2.75) is 163 Å². The van der Waals surface area contributed by atoms with Gasteiger partial charge in [0, 0.05) is 47.8 Å². The van der Waals surface area contributed by atoms with E-state index in [2.05, 4.69) is 47.9 Å². The summed E-state index contributed by atoms with van der Waals surface area (Å²) in [6.07, 6.45) is -18.6. The number of aliphatic hydroxyl groups is 6. The number of aliphatic hydroxyl groups excluding tert-OH is 6. The van der Waals surface area contributed by atoms with E-state index in [9.17, 15) is 69.9 Å². The highest BCUT2D eigenvalue weighted by molar-refractivity contribution is 6.32. The highest BCUT2D eigenvalue weighted by Gasteiger charge is 2.52. The molecule has 0 saturated carbocycles. The fourth-order valence-corrected chi connectivity index (χ4v) is 15.1. The fourth-order valence-electron chi connectivity index (χ4n) is 14.7. The molecule has 35 nitrogen and oxygen atoms in total. The molecule has 0 aliphatic carbocycles. The predicted molar refractivity (Wildman–Crippen MR) is 423 cm³/mol.